The molecule has 0 fully saturated rings. The van der Waals surface area contributed by atoms with Crippen molar-refractivity contribution in [1.29, 1.82) is 0 Å². The predicted molar refractivity (Wildman–Crippen MR) is 138 cm³/mol. The zero-order chi connectivity index (χ0) is 22.4. The van der Waals surface area contributed by atoms with E-state index < -0.39 is 5.97 Å². The van der Waals surface area contributed by atoms with Gasteiger partial charge in [-0.05, 0) is 84.5 Å². The van der Waals surface area contributed by atoms with Gasteiger partial charge >= 0.3 is 5.97 Å². The van der Waals surface area contributed by atoms with Crippen LogP contribution in [0.2, 0.25) is 0 Å². The molecule has 0 spiro atoms. The highest BCUT2D eigenvalue weighted by molar-refractivity contribution is 6.32. The summed E-state index contributed by atoms with van der Waals surface area (Å²) < 4.78 is 0. The van der Waals surface area contributed by atoms with E-state index in [0.29, 0.717) is 0 Å². The van der Waals surface area contributed by atoms with Crippen molar-refractivity contribution in [3.05, 3.63) is 125 Å². The van der Waals surface area contributed by atoms with Crippen molar-refractivity contribution in [3.63, 3.8) is 0 Å². The summed E-state index contributed by atoms with van der Waals surface area (Å²) in [5.74, 6) is -0.952. The van der Waals surface area contributed by atoms with Gasteiger partial charge in [-0.1, -0.05) is 12.1 Å². The number of hydrogen-bond donors (Lipinski definition) is 1. The van der Waals surface area contributed by atoms with Crippen molar-refractivity contribution < 1.29 is 9.90 Å². The van der Waals surface area contributed by atoms with Crippen LogP contribution in [0.4, 0.5) is 0 Å². The standard InChI is InChI=1S/C27H16N4O2.ClH/c32-27(33)17-3-1-16(2-4-17)25-14-24-13-22-8-7-20(29-22)11-18-5-6-19(28-18)12-21-9-10-23(30-21)15-26(25)31-24;/h1-15H,(H,32,33);1H. The lowest BCUT2D eigenvalue weighted by molar-refractivity contribution is 0.0697. The van der Waals surface area contributed by atoms with E-state index in [4.69, 9.17) is 4.99 Å². The number of carboxylic acids is 1. The van der Waals surface area contributed by atoms with Crippen molar-refractivity contribution in [2.24, 2.45) is 20.0 Å². The van der Waals surface area contributed by atoms with Gasteiger partial charge in [0, 0.05) is 5.57 Å². The number of hydrogen-bond acceptors (Lipinski definition) is 5. The van der Waals surface area contributed by atoms with E-state index in [-0.39, 0.29) is 18.0 Å². The Morgan fingerprint density at radius 3 is 1.62 bits per heavy atom. The third kappa shape index (κ3) is 4.14. The monoisotopic (exact) mass is 464 g/mol. The summed E-state index contributed by atoms with van der Waals surface area (Å²) in [6.07, 6.45) is 21.4. The summed E-state index contributed by atoms with van der Waals surface area (Å²) in [6.45, 7) is 0. The van der Waals surface area contributed by atoms with Gasteiger partial charge in [-0.2, -0.15) is 0 Å². The average Bonchev–Trinajstić information content (AvgIpc) is 3.59. The van der Waals surface area contributed by atoms with Crippen molar-refractivity contribution in [2.75, 3.05) is 0 Å². The molecule has 8 bridgehead atoms. The summed E-state index contributed by atoms with van der Waals surface area (Å²) in [6, 6.07) is 6.80. The predicted octanol–water partition coefficient (Wildman–Crippen LogP) is 5.23. The smallest absolute Gasteiger partial charge is 0.335 e. The number of fused-ring (bicyclic) bond motifs is 4. The van der Waals surface area contributed by atoms with Gasteiger partial charge in [-0.25, -0.2) is 24.8 Å². The highest BCUT2D eigenvalue weighted by atomic mass is 35.5. The molecule has 164 valence electrons. The normalized spacial score (nSPS) is 19.2. The van der Waals surface area contributed by atoms with Gasteiger partial charge in [0.15, 0.2) is 0 Å². The number of aromatic carboxylic acids is 1. The van der Waals surface area contributed by atoms with E-state index in [2.05, 4.69) is 15.0 Å². The molecule has 0 unspecified atom stereocenters. The molecular formula is C27H17ClN4O2. The van der Waals surface area contributed by atoms with Crippen LogP contribution in [-0.2, 0) is 0 Å². The van der Waals surface area contributed by atoms with Crippen LogP contribution in [0.1, 0.15) is 15.9 Å². The molecule has 6 rings (SSSR count). The molecule has 1 aromatic carbocycles. The topological polar surface area (TPSA) is 86.7 Å². The largest absolute Gasteiger partial charge is 0.478 e. The molecule has 6 nitrogen and oxygen atoms in total. The molecule has 5 aliphatic heterocycles. The van der Waals surface area contributed by atoms with Crippen LogP contribution in [-0.4, -0.2) is 33.9 Å². The molecule has 7 heteroatoms. The fraction of sp³-hybridized carbons (Fsp3) is 0. The van der Waals surface area contributed by atoms with Crippen molar-refractivity contribution in [1.82, 2.24) is 0 Å². The van der Waals surface area contributed by atoms with Crippen LogP contribution >= 0.6 is 12.4 Å². The highest BCUT2D eigenvalue weighted by Crippen LogP contribution is 2.29. The second-order valence-electron chi connectivity index (χ2n) is 7.82. The lowest BCUT2D eigenvalue weighted by Gasteiger charge is -2.04. The molecule has 0 amide bonds. The Bertz CT molecular complexity index is 1500. The Hall–Kier alpha value is -4.42. The molecule has 0 atom stereocenters. The number of nitrogens with zero attached hydrogens (tertiary/aromatic N) is 4. The third-order valence-electron chi connectivity index (χ3n) is 5.48. The zero-order valence-electron chi connectivity index (χ0n) is 17.7. The Labute approximate surface area is 201 Å². The number of carbonyl (C=O) groups is 1. The molecule has 0 radical (unpaired) electrons. The van der Waals surface area contributed by atoms with E-state index in [1.807, 2.05) is 66.8 Å². The summed E-state index contributed by atoms with van der Waals surface area (Å²) >= 11 is 0. The maximum absolute atomic E-state index is 11.2. The van der Waals surface area contributed by atoms with Crippen LogP contribution in [0, 0.1) is 0 Å². The molecule has 5 heterocycles. The number of allylic oxidation sites excluding steroid dienone is 12. The van der Waals surface area contributed by atoms with Crippen molar-refractivity contribution in [3.8, 4) is 0 Å². The SMILES string of the molecule is Cl.O=C(O)c1ccc(C2=CC3=CC4=NC(=CC5=NC(=CC6=NC(=CC2=N3)C=C6)C=C5)C=C4)cc1. The fourth-order valence-electron chi connectivity index (χ4n) is 3.92. The summed E-state index contributed by atoms with van der Waals surface area (Å²) in [5.41, 5.74) is 8.46. The second kappa shape index (κ2) is 8.50. The first kappa shape index (κ1) is 21.4. The molecule has 0 aromatic heterocycles. The van der Waals surface area contributed by atoms with Gasteiger partial charge in [0.2, 0.25) is 0 Å². The molecule has 1 aromatic rings. The summed E-state index contributed by atoms with van der Waals surface area (Å²) in [5, 5.41) is 9.22. The third-order valence-corrected chi connectivity index (χ3v) is 5.48. The first-order chi connectivity index (χ1) is 16.1. The van der Waals surface area contributed by atoms with E-state index in [1.165, 1.54) is 0 Å². The number of aliphatic imine (C=N–C) groups is 4. The van der Waals surface area contributed by atoms with E-state index in [0.717, 1.165) is 56.8 Å². The fourth-order valence-corrected chi connectivity index (χ4v) is 3.92. The molecule has 0 aliphatic carbocycles. The van der Waals surface area contributed by atoms with Gasteiger partial charge in [-0.15, -0.1) is 12.4 Å². The summed E-state index contributed by atoms with van der Waals surface area (Å²) in [4.78, 5) is 30.0. The molecule has 5 aliphatic rings. The maximum Gasteiger partial charge on any atom is 0.335 e. The lowest BCUT2D eigenvalue weighted by Crippen LogP contribution is -1.99. The van der Waals surface area contributed by atoms with Crippen LogP contribution < -0.4 is 0 Å². The van der Waals surface area contributed by atoms with E-state index in [9.17, 15) is 9.90 Å². The average molecular weight is 465 g/mol. The number of halogens is 1. The van der Waals surface area contributed by atoms with E-state index >= 15 is 0 Å². The van der Waals surface area contributed by atoms with Crippen LogP contribution in [0.25, 0.3) is 5.57 Å². The molecule has 1 N–H and O–H groups in total. The number of rotatable bonds is 2. The minimum atomic E-state index is -0.952. The van der Waals surface area contributed by atoms with Crippen LogP contribution in [0.15, 0.2) is 134 Å². The quantitative estimate of drug-likeness (QED) is 0.650. The van der Waals surface area contributed by atoms with Crippen LogP contribution in [0.5, 0.6) is 0 Å². The molecule has 34 heavy (non-hydrogen) atoms. The van der Waals surface area contributed by atoms with Crippen molar-refractivity contribution >= 4 is 46.8 Å². The Morgan fingerprint density at radius 2 is 1.09 bits per heavy atom. The summed E-state index contributed by atoms with van der Waals surface area (Å²) in [7, 11) is 0. The molecule has 0 saturated heterocycles. The first-order valence-corrected chi connectivity index (χ1v) is 10.4. The van der Waals surface area contributed by atoms with Gasteiger partial charge in [0.05, 0.1) is 51.2 Å². The second-order valence-corrected chi connectivity index (χ2v) is 7.82. The van der Waals surface area contributed by atoms with Gasteiger partial charge < -0.3 is 5.11 Å². The Kier molecular flexibility index (Phi) is 5.36. The van der Waals surface area contributed by atoms with Crippen LogP contribution in [0.3, 0.4) is 0 Å². The lowest BCUT2D eigenvalue weighted by atomic mass is 9.99. The Morgan fingerprint density at radius 1 is 0.588 bits per heavy atom. The molecule has 0 saturated carbocycles. The van der Waals surface area contributed by atoms with E-state index in [1.54, 1.807) is 24.3 Å². The maximum atomic E-state index is 11.2. The minimum Gasteiger partial charge on any atom is -0.478 e. The van der Waals surface area contributed by atoms with Gasteiger partial charge in [-0.3, -0.25) is 0 Å². The number of carboxylic acid groups (broad SMARTS) is 1. The van der Waals surface area contributed by atoms with Gasteiger partial charge in [0.1, 0.15) is 0 Å². The van der Waals surface area contributed by atoms with Gasteiger partial charge in [0.25, 0.3) is 0 Å². The molecular weight excluding hydrogens is 448 g/mol. The first-order valence-electron chi connectivity index (χ1n) is 10.4. The Balaban J connectivity index is 0.00000241. The minimum absolute atomic E-state index is 0. The van der Waals surface area contributed by atoms with Crippen molar-refractivity contribution in [2.45, 2.75) is 0 Å². The highest BCUT2D eigenvalue weighted by Gasteiger charge is 2.18. The zero-order valence-corrected chi connectivity index (χ0v) is 18.5. The number of benzene rings is 1.